The van der Waals surface area contributed by atoms with E-state index in [4.69, 9.17) is 0 Å². The minimum absolute atomic E-state index is 0.0634. The highest BCUT2D eigenvalue weighted by Crippen LogP contribution is 2.18. The summed E-state index contributed by atoms with van der Waals surface area (Å²) >= 11 is 0. The summed E-state index contributed by atoms with van der Waals surface area (Å²) in [5.74, 6) is -0.0634. The summed E-state index contributed by atoms with van der Waals surface area (Å²) < 4.78 is 0. The first-order chi connectivity index (χ1) is 8.33. The zero-order valence-electron chi connectivity index (χ0n) is 9.81. The summed E-state index contributed by atoms with van der Waals surface area (Å²) in [5.41, 5.74) is 0.712. The Labute approximate surface area is 101 Å². The van der Waals surface area contributed by atoms with Crippen LogP contribution in [-0.2, 0) is 0 Å². The number of hydrogen-bond donors (Lipinski definition) is 1. The second-order valence-electron chi connectivity index (χ2n) is 3.81. The predicted molar refractivity (Wildman–Crippen MR) is 70.8 cm³/mol. The van der Waals surface area contributed by atoms with Crippen LogP contribution in [0, 0.1) is 0 Å². The van der Waals surface area contributed by atoms with Crippen molar-refractivity contribution in [1.82, 2.24) is 5.32 Å². The van der Waals surface area contributed by atoms with E-state index in [0.29, 0.717) is 5.56 Å². The van der Waals surface area contributed by atoms with Gasteiger partial charge in [0.05, 0.1) is 0 Å². The molecule has 2 nitrogen and oxygen atoms in total. The van der Waals surface area contributed by atoms with Crippen molar-refractivity contribution >= 4 is 16.7 Å². The molecule has 2 aromatic rings. The summed E-state index contributed by atoms with van der Waals surface area (Å²) in [6.07, 6.45) is 4.53. The lowest BCUT2D eigenvalue weighted by molar-refractivity contribution is 0.0971. The van der Waals surface area contributed by atoms with Crippen LogP contribution in [0.4, 0.5) is 0 Å². The van der Waals surface area contributed by atoms with Crippen LogP contribution in [-0.4, -0.2) is 5.91 Å². The first-order valence-corrected chi connectivity index (χ1v) is 5.76. The molecule has 0 heterocycles. The number of fused-ring (bicyclic) bond motifs is 1. The number of carbonyl (C=O) groups is 1. The van der Waals surface area contributed by atoms with Gasteiger partial charge in [-0.05, 0) is 23.3 Å². The summed E-state index contributed by atoms with van der Waals surface area (Å²) in [6.45, 7) is 2.03. The van der Waals surface area contributed by atoms with E-state index in [2.05, 4.69) is 5.32 Å². The molecular weight excluding hydrogens is 210 g/mol. The molecule has 0 saturated heterocycles. The monoisotopic (exact) mass is 225 g/mol. The van der Waals surface area contributed by atoms with Crippen LogP contribution in [0.15, 0.2) is 54.7 Å². The lowest BCUT2D eigenvalue weighted by Crippen LogP contribution is -2.17. The molecular formula is C15H15NO. The topological polar surface area (TPSA) is 29.1 Å². The molecule has 0 spiro atoms. The van der Waals surface area contributed by atoms with Gasteiger partial charge in [0, 0.05) is 11.8 Å². The van der Waals surface area contributed by atoms with Gasteiger partial charge in [0.1, 0.15) is 0 Å². The van der Waals surface area contributed by atoms with Gasteiger partial charge >= 0.3 is 0 Å². The highest BCUT2D eigenvalue weighted by Gasteiger charge is 2.07. The van der Waals surface area contributed by atoms with E-state index in [1.165, 1.54) is 0 Å². The Kier molecular flexibility index (Phi) is 3.55. The molecule has 86 valence electrons. The molecule has 2 heteroatoms. The maximum atomic E-state index is 12.0. The van der Waals surface area contributed by atoms with Crippen LogP contribution >= 0.6 is 0 Å². The third-order valence-corrected chi connectivity index (χ3v) is 2.60. The summed E-state index contributed by atoms with van der Waals surface area (Å²) in [4.78, 5) is 12.0. The van der Waals surface area contributed by atoms with Crippen molar-refractivity contribution in [2.24, 2.45) is 0 Å². The zero-order valence-corrected chi connectivity index (χ0v) is 9.81. The average Bonchev–Trinajstić information content (AvgIpc) is 2.38. The van der Waals surface area contributed by atoms with E-state index < -0.39 is 0 Å². The molecule has 0 unspecified atom stereocenters. The Morgan fingerprint density at radius 1 is 1.18 bits per heavy atom. The number of amides is 1. The van der Waals surface area contributed by atoms with Gasteiger partial charge in [-0.25, -0.2) is 0 Å². The Morgan fingerprint density at radius 3 is 2.76 bits per heavy atom. The minimum Gasteiger partial charge on any atom is -0.329 e. The number of rotatable bonds is 3. The number of nitrogens with one attached hydrogen (secondary N) is 1. The standard InChI is InChI=1S/C15H15NO/c1-2-3-11-16-15(17)14-10-6-8-12-7-4-5-9-13(12)14/h3-11H,2H2,1H3,(H,16,17). The second-order valence-corrected chi connectivity index (χ2v) is 3.81. The van der Waals surface area contributed by atoms with Gasteiger partial charge in [-0.15, -0.1) is 0 Å². The molecule has 0 aliphatic carbocycles. The Bertz CT molecular complexity index is 552. The third-order valence-electron chi connectivity index (χ3n) is 2.60. The number of allylic oxidation sites excluding steroid dienone is 1. The zero-order chi connectivity index (χ0) is 12.1. The van der Waals surface area contributed by atoms with Crippen molar-refractivity contribution in [2.45, 2.75) is 13.3 Å². The van der Waals surface area contributed by atoms with Gasteiger partial charge in [0.15, 0.2) is 0 Å². The average molecular weight is 225 g/mol. The van der Waals surface area contributed by atoms with Crippen LogP contribution in [0.25, 0.3) is 10.8 Å². The van der Waals surface area contributed by atoms with Crippen molar-refractivity contribution in [1.29, 1.82) is 0 Å². The third kappa shape index (κ3) is 2.53. The van der Waals surface area contributed by atoms with Crippen molar-refractivity contribution in [2.75, 3.05) is 0 Å². The smallest absolute Gasteiger partial charge is 0.255 e. The molecule has 0 aromatic heterocycles. The van der Waals surface area contributed by atoms with Crippen molar-refractivity contribution in [3.05, 3.63) is 60.3 Å². The van der Waals surface area contributed by atoms with E-state index in [0.717, 1.165) is 17.2 Å². The number of carbonyl (C=O) groups excluding carboxylic acids is 1. The molecule has 2 aromatic carbocycles. The van der Waals surface area contributed by atoms with Crippen LogP contribution < -0.4 is 5.32 Å². The van der Waals surface area contributed by atoms with Crippen LogP contribution in [0.1, 0.15) is 23.7 Å². The molecule has 17 heavy (non-hydrogen) atoms. The van der Waals surface area contributed by atoms with E-state index in [9.17, 15) is 4.79 Å². The molecule has 0 aliphatic rings. The predicted octanol–water partition coefficient (Wildman–Crippen LogP) is 3.49. The maximum Gasteiger partial charge on any atom is 0.255 e. The molecule has 0 aliphatic heterocycles. The number of benzene rings is 2. The normalized spacial score (nSPS) is 10.9. The molecule has 1 amide bonds. The van der Waals surface area contributed by atoms with Crippen molar-refractivity contribution in [3.8, 4) is 0 Å². The highest BCUT2D eigenvalue weighted by atomic mass is 16.1. The summed E-state index contributed by atoms with van der Waals surface area (Å²) in [6, 6.07) is 13.6. The van der Waals surface area contributed by atoms with Gasteiger partial charge in [0.25, 0.3) is 5.91 Å². The van der Waals surface area contributed by atoms with Gasteiger partial charge in [-0.2, -0.15) is 0 Å². The van der Waals surface area contributed by atoms with Crippen LogP contribution in [0.2, 0.25) is 0 Å². The Balaban J connectivity index is 2.35. The van der Waals surface area contributed by atoms with Gasteiger partial charge in [-0.1, -0.05) is 49.4 Å². The van der Waals surface area contributed by atoms with Crippen molar-refractivity contribution < 1.29 is 4.79 Å². The maximum absolute atomic E-state index is 12.0. The number of hydrogen-bond acceptors (Lipinski definition) is 1. The minimum atomic E-state index is -0.0634. The first-order valence-electron chi connectivity index (χ1n) is 5.76. The Morgan fingerprint density at radius 2 is 1.94 bits per heavy atom. The molecule has 0 atom stereocenters. The summed E-state index contributed by atoms with van der Waals surface area (Å²) in [7, 11) is 0. The van der Waals surface area contributed by atoms with E-state index in [-0.39, 0.29) is 5.91 Å². The quantitative estimate of drug-likeness (QED) is 0.851. The van der Waals surface area contributed by atoms with Gasteiger partial charge in [0.2, 0.25) is 0 Å². The van der Waals surface area contributed by atoms with Gasteiger partial charge in [-0.3, -0.25) is 4.79 Å². The highest BCUT2D eigenvalue weighted by molar-refractivity contribution is 6.07. The van der Waals surface area contributed by atoms with E-state index in [1.54, 1.807) is 6.20 Å². The fraction of sp³-hybridized carbons (Fsp3) is 0.133. The fourth-order valence-electron chi connectivity index (χ4n) is 1.75. The Hall–Kier alpha value is -2.09. The van der Waals surface area contributed by atoms with E-state index in [1.807, 2.05) is 55.5 Å². The SMILES string of the molecule is CCC=CNC(=O)c1cccc2ccccc12. The lowest BCUT2D eigenvalue weighted by atomic mass is 10.0. The second kappa shape index (κ2) is 5.30. The van der Waals surface area contributed by atoms with E-state index >= 15 is 0 Å². The first kappa shape index (κ1) is 11.4. The molecule has 0 saturated carbocycles. The fourth-order valence-corrected chi connectivity index (χ4v) is 1.75. The largest absolute Gasteiger partial charge is 0.329 e. The molecule has 0 radical (unpaired) electrons. The summed E-state index contributed by atoms with van der Waals surface area (Å²) in [5, 5.41) is 4.84. The van der Waals surface area contributed by atoms with Crippen LogP contribution in [0.3, 0.4) is 0 Å². The molecule has 0 bridgehead atoms. The van der Waals surface area contributed by atoms with Crippen molar-refractivity contribution in [3.63, 3.8) is 0 Å². The lowest BCUT2D eigenvalue weighted by Gasteiger charge is -2.04. The van der Waals surface area contributed by atoms with Crippen LogP contribution in [0.5, 0.6) is 0 Å². The van der Waals surface area contributed by atoms with Gasteiger partial charge < -0.3 is 5.32 Å². The molecule has 0 fully saturated rings. The molecule has 2 rings (SSSR count). The molecule has 1 N–H and O–H groups in total.